The number of aryl methyl sites for hydroxylation is 1. The largest absolute Gasteiger partial charge is 0.493 e. The molecular formula is C25H34N2O5S. The van der Waals surface area contributed by atoms with Crippen molar-refractivity contribution in [1.82, 2.24) is 9.62 Å². The number of amides is 1. The Labute approximate surface area is 197 Å². The molecule has 1 fully saturated rings. The molecule has 0 aromatic heterocycles. The van der Waals surface area contributed by atoms with Gasteiger partial charge in [-0.05, 0) is 55.9 Å². The molecule has 0 saturated carbocycles. The Kier molecular flexibility index (Phi) is 8.74. The van der Waals surface area contributed by atoms with Crippen LogP contribution in [-0.4, -0.2) is 51.7 Å². The zero-order valence-electron chi connectivity index (χ0n) is 19.6. The van der Waals surface area contributed by atoms with Gasteiger partial charge in [-0.25, -0.2) is 12.7 Å². The van der Waals surface area contributed by atoms with E-state index in [2.05, 4.69) is 5.32 Å². The Bertz CT molecular complexity index is 1030. The zero-order valence-corrected chi connectivity index (χ0v) is 20.4. The van der Waals surface area contributed by atoms with Crippen LogP contribution in [0.15, 0.2) is 48.5 Å². The van der Waals surface area contributed by atoms with Gasteiger partial charge in [0, 0.05) is 13.1 Å². The van der Waals surface area contributed by atoms with Crippen molar-refractivity contribution in [3.05, 3.63) is 59.7 Å². The number of carbonyl (C=O) groups excluding carboxylic acids is 1. The van der Waals surface area contributed by atoms with Gasteiger partial charge in [-0.1, -0.05) is 36.4 Å². The summed E-state index contributed by atoms with van der Waals surface area (Å²) in [6.07, 6.45) is 2.65. The van der Waals surface area contributed by atoms with Gasteiger partial charge in [-0.15, -0.1) is 0 Å². The molecule has 0 spiro atoms. The Morgan fingerprint density at radius 1 is 1.12 bits per heavy atom. The highest BCUT2D eigenvalue weighted by atomic mass is 32.2. The second kappa shape index (κ2) is 11.5. The molecule has 180 valence electrons. The fourth-order valence-electron chi connectivity index (χ4n) is 4.18. The molecule has 0 bridgehead atoms. The summed E-state index contributed by atoms with van der Waals surface area (Å²) in [6, 6.07) is 15.2. The van der Waals surface area contributed by atoms with E-state index in [4.69, 9.17) is 9.47 Å². The van der Waals surface area contributed by atoms with Gasteiger partial charge < -0.3 is 14.8 Å². The minimum Gasteiger partial charge on any atom is -0.493 e. The average molecular weight is 475 g/mol. The SMILES string of the molecule is COc1ccc([C@@H](C)NC(=O)[C@H]2CCCN(S(=O)(=O)CCCc3ccccc3)C2)cc1OC. The summed E-state index contributed by atoms with van der Waals surface area (Å²) in [4.78, 5) is 12.9. The number of benzene rings is 2. The van der Waals surface area contributed by atoms with E-state index in [1.807, 2.05) is 49.4 Å². The van der Waals surface area contributed by atoms with Crippen LogP contribution in [0.5, 0.6) is 11.5 Å². The van der Waals surface area contributed by atoms with Gasteiger partial charge in [0.2, 0.25) is 15.9 Å². The minimum atomic E-state index is -3.39. The van der Waals surface area contributed by atoms with Gasteiger partial charge in [0.25, 0.3) is 0 Å². The summed E-state index contributed by atoms with van der Waals surface area (Å²) in [5.74, 6) is 0.839. The zero-order chi connectivity index (χ0) is 23.8. The first-order valence-electron chi connectivity index (χ1n) is 11.4. The van der Waals surface area contributed by atoms with Gasteiger partial charge in [0.05, 0.1) is 31.9 Å². The number of carbonyl (C=O) groups is 1. The monoisotopic (exact) mass is 474 g/mol. The maximum Gasteiger partial charge on any atom is 0.224 e. The van der Waals surface area contributed by atoms with Crippen molar-refractivity contribution in [3.63, 3.8) is 0 Å². The molecule has 1 saturated heterocycles. The second-order valence-electron chi connectivity index (χ2n) is 8.45. The molecule has 2 atom stereocenters. The van der Waals surface area contributed by atoms with Crippen molar-refractivity contribution in [2.45, 2.75) is 38.6 Å². The molecule has 1 amide bonds. The number of methoxy groups -OCH3 is 2. The molecule has 2 aromatic rings. The Morgan fingerprint density at radius 2 is 1.85 bits per heavy atom. The van der Waals surface area contributed by atoms with E-state index in [1.165, 1.54) is 4.31 Å². The van der Waals surface area contributed by atoms with Gasteiger partial charge in [-0.2, -0.15) is 0 Å². The average Bonchev–Trinajstić information content (AvgIpc) is 2.84. The number of nitrogens with one attached hydrogen (secondary N) is 1. The molecule has 33 heavy (non-hydrogen) atoms. The molecule has 8 heteroatoms. The van der Waals surface area contributed by atoms with Crippen LogP contribution in [-0.2, 0) is 21.2 Å². The van der Waals surface area contributed by atoms with E-state index in [0.717, 1.165) is 17.5 Å². The maximum absolute atomic E-state index is 12.9. The van der Waals surface area contributed by atoms with Crippen LogP contribution in [0.3, 0.4) is 0 Å². The van der Waals surface area contributed by atoms with Crippen molar-refractivity contribution in [2.24, 2.45) is 5.92 Å². The molecule has 0 aliphatic carbocycles. The third kappa shape index (κ3) is 6.71. The van der Waals surface area contributed by atoms with Crippen LogP contribution in [0, 0.1) is 5.92 Å². The summed E-state index contributed by atoms with van der Waals surface area (Å²) in [5.41, 5.74) is 2.02. The third-order valence-corrected chi connectivity index (χ3v) is 8.05. The highest BCUT2D eigenvalue weighted by Gasteiger charge is 2.32. The molecule has 3 rings (SSSR count). The molecule has 1 aliphatic heterocycles. The third-order valence-electron chi connectivity index (χ3n) is 6.13. The first kappa shape index (κ1) is 25.1. The van der Waals surface area contributed by atoms with Gasteiger partial charge in [-0.3, -0.25) is 4.79 Å². The van der Waals surface area contributed by atoms with Crippen molar-refractivity contribution in [2.75, 3.05) is 33.1 Å². The van der Waals surface area contributed by atoms with Crippen LogP contribution >= 0.6 is 0 Å². The van der Waals surface area contributed by atoms with E-state index < -0.39 is 10.0 Å². The van der Waals surface area contributed by atoms with Crippen LogP contribution < -0.4 is 14.8 Å². The lowest BCUT2D eigenvalue weighted by Gasteiger charge is -2.32. The first-order valence-corrected chi connectivity index (χ1v) is 13.0. The highest BCUT2D eigenvalue weighted by molar-refractivity contribution is 7.89. The standard InChI is InChI=1S/C25H34N2O5S/c1-19(21-13-14-23(31-2)24(17-21)32-3)26-25(28)22-12-7-15-27(18-22)33(29,30)16-8-11-20-9-5-4-6-10-20/h4-6,9-10,13-14,17,19,22H,7-8,11-12,15-16,18H2,1-3H3,(H,26,28)/t19-,22+/m1/s1. The van der Waals surface area contributed by atoms with E-state index in [0.29, 0.717) is 37.3 Å². The van der Waals surface area contributed by atoms with Gasteiger partial charge in [0.1, 0.15) is 0 Å². The quantitative estimate of drug-likeness (QED) is 0.569. The highest BCUT2D eigenvalue weighted by Crippen LogP contribution is 2.30. The lowest BCUT2D eigenvalue weighted by atomic mass is 9.98. The predicted octanol–water partition coefficient (Wildman–Crippen LogP) is 3.56. The number of sulfonamides is 1. The van der Waals surface area contributed by atoms with Crippen molar-refractivity contribution < 1.29 is 22.7 Å². The fraction of sp³-hybridized carbons (Fsp3) is 0.480. The Morgan fingerprint density at radius 3 is 2.55 bits per heavy atom. The Hall–Kier alpha value is -2.58. The molecule has 0 unspecified atom stereocenters. The van der Waals surface area contributed by atoms with Crippen molar-refractivity contribution >= 4 is 15.9 Å². The number of nitrogens with zero attached hydrogens (tertiary/aromatic N) is 1. The Balaban J connectivity index is 1.56. The van der Waals surface area contributed by atoms with Crippen molar-refractivity contribution in [1.29, 1.82) is 0 Å². The molecule has 0 radical (unpaired) electrons. The van der Waals surface area contributed by atoms with Crippen molar-refractivity contribution in [3.8, 4) is 11.5 Å². The molecule has 7 nitrogen and oxygen atoms in total. The summed E-state index contributed by atoms with van der Waals surface area (Å²) in [6.45, 7) is 2.61. The maximum atomic E-state index is 12.9. The smallest absolute Gasteiger partial charge is 0.224 e. The van der Waals surface area contributed by atoms with E-state index >= 15 is 0 Å². The fourth-order valence-corrected chi connectivity index (χ4v) is 5.76. The lowest BCUT2D eigenvalue weighted by Crippen LogP contribution is -2.46. The number of rotatable bonds is 10. The summed E-state index contributed by atoms with van der Waals surface area (Å²) in [5, 5.41) is 3.03. The van der Waals surface area contributed by atoms with E-state index in [-0.39, 0.29) is 30.2 Å². The molecule has 1 N–H and O–H groups in total. The van der Waals surface area contributed by atoms with E-state index in [9.17, 15) is 13.2 Å². The minimum absolute atomic E-state index is 0.0955. The molecular weight excluding hydrogens is 440 g/mol. The number of hydrogen-bond donors (Lipinski definition) is 1. The normalized spacial score (nSPS) is 17.8. The second-order valence-corrected chi connectivity index (χ2v) is 10.5. The number of ether oxygens (including phenoxy) is 2. The van der Waals surface area contributed by atoms with Crippen LogP contribution in [0.1, 0.15) is 43.4 Å². The molecule has 1 heterocycles. The predicted molar refractivity (Wildman–Crippen MR) is 129 cm³/mol. The van der Waals surface area contributed by atoms with Crippen LogP contribution in [0.4, 0.5) is 0 Å². The topological polar surface area (TPSA) is 84.9 Å². The lowest BCUT2D eigenvalue weighted by molar-refractivity contribution is -0.126. The van der Waals surface area contributed by atoms with Gasteiger partial charge >= 0.3 is 0 Å². The number of piperidine rings is 1. The first-order chi connectivity index (χ1) is 15.8. The summed E-state index contributed by atoms with van der Waals surface area (Å²) < 4.78 is 37.9. The summed E-state index contributed by atoms with van der Waals surface area (Å²) >= 11 is 0. The van der Waals surface area contributed by atoms with Gasteiger partial charge in [0.15, 0.2) is 11.5 Å². The van der Waals surface area contributed by atoms with Crippen LogP contribution in [0.2, 0.25) is 0 Å². The molecule has 1 aliphatic rings. The summed E-state index contributed by atoms with van der Waals surface area (Å²) in [7, 11) is -0.246. The van der Waals surface area contributed by atoms with E-state index in [1.54, 1.807) is 20.3 Å². The molecule has 2 aromatic carbocycles. The number of hydrogen-bond acceptors (Lipinski definition) is 5. The van der Waals surface area contributed by atoms with Crippen LogP contribution in [0.25, 0.3) is 0 Å².